The standard InChI is InChI=1S/C13H10F6O/c1-7(3-8(2)20)9-4-10(12(14,15)16)6-11(5-9)13(17,18)19/h3-6H,1-2H3/b7-3+. The summed E-state index contributed by atoms with van der Waals surface area (Å²) in [5.74, 6) is -0.464. The molecule has 20 heavy (non-hydrogen) atoms. The Morgan fingerprint density at radius 2 is 1.30 bits per heavy atom. The zero-order valence-corrected chi connectivity index (χ0v) is 10.5. The van der Waals surface area contributed by atoms with Gasteiger partial charge in [0.1, 0.15) is 0 Å². The van der Waals surface area contributed by atoms with Gasteiger partial charge in [-0.3, -0.25) is 4.79 Å². The van der Waals surface area contributed by atoms with Crippen LogP contribution in [0.1, 0.15) is 30.5 Å². The molecule has 0 amide bonds. The number of alkyl halides is 6. The van der Waals surface area contributed by atoms with Crippen molar-refractivity contribution in [2.24, 2.45) is 0 Å². The highest BCUT2D eigenvalue weighted by Crippen LogP contribution is 2.37. The van der Waals surface area contributed by atoms with Crippen LogP contribution in [0.2, 0.25) is 0 Å². The van der Waals surface area contributed by atoms with Crippen LogP contribution in [0.3, 0.4) is 0 Å². The molecule has 0 saturated carbocycles. The highest BCUT2D eigenvalue weighted by molar-refractivity contribution is 5.94. The monoisotopic (exact) mass is 296 g/mol. The fourth-order valence-electron chi connectivity index (χ4n) is 1.57. The van der Waals surface area contributed by atoms with E-state index in [9.17, 15) is 31.1 Å². The molecule has 1 nitrogen and oxygen atoms in total. The Labute approximate surface area is 110 Å². The molecule has 1 aromatic rings. The van der Waals surface area contributed by atoms with Gasteiger partial charge in [0.05, 0.1) is 11.1 Å². The number of allylic oxidation sites excluding steroid dienone is 2. The smallest absolute Gasteiger partial charge is 0.295 e. The molecule has 7 heteroatoms. The molecular formula is C13H10F6O. The lowest BCUT2D eigenvalue weighted by molar-refractivity contribution is -0.143. The number of hydrogen-bond donors (Lipinski definition) is 0. The van der Waals surface area contributed by atoms with Crippen LogP contribution in [0.15, 0.2) is 24.3 Å². The summed E-state index contributed by atoms with van der Waals surface area (Å²) in [4.78, 5) is 10.9. The zero-order valence-electron chi connectivity index (χ0n) is 10.5. The highest BCUT2D eigenvalue weighted by Gasteiger charge is 2.36. The van der Waals surface area contributed by atoms with E-state index in [0.29, 0.717) is 12.1 Å². The summed E-state index contributed by atoms with van der Waals surface area (Å²) in [5, 5.41) is 0. The average Bonchev–Trinajstić information content (AvgIpc) is 2.25. The van der Waals surface area contributed by atoms with E-state index in [4.69, 9.17) is 0 Å². The Morgan fingerprint density at radius 3 is 1.60 bits per heavy atom. The first-order chi connectivity index (χ1) is 8.91. The molecule has 110 valence electrons. The maximum Gasteiger partial charge on any atom is 0.416 e. The van der Waals surface area contributed by atoms with Crippen LogP contribution in [0.4, 0.5) is 26.3 Å². The molecule has 0 spiro atoms. The molecule has 0 N–H and O–H groups in total. The lowest BCUT2D eigenvalue weighted by atomic mass is 9.99. The van der Waals surface area contributed by atoms with Crippen molar-refractivity contribution in [2.45, 2.75) is 26.2 Å². The van der Waals surface area contributed by atoms with Crippen LogP contribution in [-0.4, -0.2) is 5.78 Å². The van der Waals surface area contributed by atoms with Gasteiger partial charge >= 0.3 is 12.4 Å². The lowest BCUT2D eigenvalue weighted by Crippen LogP contribution is -2.11. The normalized spacial score (nSPS) is 13.5. The van der Waals surface area contributed by atoms with Gasteiger partial charge < -0.3 is 0 Å². The molecule has 0 unspecified atom stereocenters. The van der Waals surface area contributed by atoms with Crippen molar-refractivity contribution in [1.29, 1.82) is 0 Å². The van der Waals surface area contributed by atoms with E-state index in [0.717, 1.165) is 13.0 Å². The fourth-order valence-corrected chi connectivity index (χ4v) is 1.57. The molecule has 1 aromatic carbocycles. The minimum atomic E-state index is -4.90. The maximum atomic E-state index is 12.6. The summed E-state index contributed by atoms with van der Waals surface area (Å²) in [6.45, 7) is 2.43. The number of carbonyl (C=O) groups excluding carboxylic acids is 1. The predicted octanol–water partition coefficient (Wildman–Crippen LogP) is 4.72. The van der Waals surface area contributed by atoms with Crippen molar-refractivity contribution in [1.82, 2.24) is 0 Å². The number of carbonyl (C=O) groups is 1. The second-order valence-corrected chi connectivity index (χ2v) is 4.23. The van der Waals surface area contributed by atoms with Gasteiger partial charge in [0.2, 0.25) is 0 Å². The van der Waals surface area contributed by atoms with Gasteiger partial charge in [-0.1, -0.05) is 0 Å². The molecule has 1 rings (SSSR count). The Morgan fingerprint density at radius 1 is 0.900 bits per heavy atom. The summed E-state index contributed by atoms with van der Waals surface area (Å²) >= 11 is 0. The summed E-state index contributed by atoms with van der Waals surface area (Å²) < 4.78 is 75.6. The molecule has 0 radical (unpaired) electrons. The highest BCUT2D eigenvalue weighted by atomic mass is 19.4. The van der Waals surface area contributed by atoms with E-state index in [-0.39, 0.29) is 17.2 Å². The Balaban J connectivity index is 3.50. The number of halogens is 6. The predicted molar refractivity (Wildman–Crippen MR) is 60.8 cm³/mol. The van der Waals surface area contributed by atoms with Crippen molar-refractivity contribution in [3.8, 4) is 0 Å². The third kappa shape index (κ3) is 4.11. The third-order valence-corrected chi connectivity index (χ3v) is 2.46. The largest absolute Gasteiger partial charge is 0.416 e. The molecule has 0 fully saturated rings. The molecule has 0 aliphatic carbocycles. The van der Waals surface area contributed by atoms with E-state index in [2.05, 4.69) is 0 Å². The van der Waals surface area contributed by atoms with Gasteiger partial charge in [-0.2, -0.15) is 26.3 Å². The fraction of sp³-hybridized carbons (Fsp3) is 0.308. The molecule has 0 aliphatic rings. The maximum absolute atomic E-state index is 12.6. The average molecular weight is 296 g/mol. The van der Waals surface area contributed by atoms with Crippen LogP contribution >= 0.6 is 0 Å². The Kier molecular flexibility index (Phi) is 4.31. The SMILES string of the molecule is CC(=O)/C=C(\C)c1cc(C(F)(F)F)cc(C(F)(F)F)c1. The third-order valence-electron chi connectivity index (χ3n) is 2.46. The summed E-state index contributed by atoms with van der Waals surface area (Å²) in [5.41, 5.74) is -3.06. The van der Waals surface area contributed by atoms with Crippen molar-refractivity contribution >= 4 is 11.4 Å². The van der Waals surface area contributed by atoms with Crippen molar-refractivity contribution in [3.63, 3.8) is 0 Å². The second-order valence-electron chi connectivity index (χ2n) is 4.23. The minimum Gasteiger partial charge on any atom is -0.295 e. The quantitative estimate of drug-likeness (QED) is 0.570. The topological polar surface area (TPSA) is 17.1 Å². The second kappa shape index (κ2) is 5.30. The minimum absolute atomic E-state index is 0.0362. The van der Waals surface area contributed by atoms with Crippen LogP contribution in [0, 0.1) is 0 Å². The Hall–Kier alpha value is -1.79. The summed E-state index contributed by atoms with van der Waals surface area (Å²) in [7, 11) is 0. The van der Waals surface area contributed by atoms with E-state index < -0.39 is 29.3 Å². The van der Waals surface area contributed by atoms with Gasteiger partial charge in [0, 0.05) is 0 Å². The van der Waals surface area contributed by atoms with Gasteiger partial charge in [-0.05, 0) is 49.3 Å². The summed E-state index contributed by atoms with van der Waals surface area (Å²) in [6.07, 6.45) is -8.81. The first kappa shape index (κ1) is 16.3. The van der Waals surface area contributed by atoms with E-state index >= 15 is 0 Å². The van der Waals surface area contributed by atoms with E-state index in [1.54, 1.807) is 0 Å². The number of benzene rings is 1. The Bertz CT molecular complexity index is 519. The van der Waals surface area contributed by atoms with Gasteiger partial charge in [0.25, 0.3) is 0 Å². The number of hydrogen-bond acceptors (Lipinski definition) is 1. The van der Waals surface area contributed by atoms with Crippen molar-refractivity contribution in [3.05, 3.63) is 41.0 Å². The molecule has 0 bridgehead atoms. The molecule has 0 aliphatic heterocycles. The molecule has 0 aromatic heterocycles. The van der Waals surface area contributed by atoms with Crippen LogP contribution in [0.5, 0.6) is 0 Å². The summed E-state index contributed by atoms with van der Waals surface area (Å²) in [6, 6.07) is 1.22. The number of ketones is 1. The first-order valence-electron chi connectivity index (χ1n) is 5.40. The first-order valence-corrected chi connectivity index (χ1v) is 5.40. The number of rotatable bonds is 2. The molecule has 0 heterocycles. The van der Waals surface area contributed by atoms with Gasteiger partial charge in [-0.25, -0.2) is 0 Å². The van der Waals surface area contributed by atoms with Gasteiger partial charge in [0.15, 0.2) is 5.78 Å². The van der Waals surface area contributed by atoms with Gasteiger partial charge in [-0.15, -0.1) is 0 Å². The zero-order chi connectivity index (χ0) is 15.7. The van der Waals surface area contributed by atoms with Crippen LogP contribution < -0.4 is 0 Å². The van der Waals surface area contributed by atoms with Crippen LogP contribution in [-0.2, 0) is 17.1 Å². The van der Waals surface area contributed by atoms with Crippen LogP contribution in [0.25, 0.3) is 5.57 Å². The van der Waals surface area contributed by atoms with Crippen molar-refractivity contribution < 1.29 is 31.1 Å². The molecule has 0 saturated heterocycles. The van der Waals surface area contributed by atoms with E-state index in [1.165, 1.54) is 6.92 Å². The lowest BCUT2D eigenvalue weighted by Gasteiger charge is -2.14. The van der Waals surface area contributed by atoms with E-state index in [1.807, 2.05) is 0 Å². The molecule has 0 atom stereocenters. The van der Waals surface area contributed by atoms with Crippen molar-refractivity contribution in [2.75, 3.05) is 0 Å². The molecular weight excluding hydrogens is 286 g/mol.